The Bertz CT molecular complexity index is 189. The number of rotatable bonds is 4. The summed E-state index contributed by atoms with van der Waals surface area (Å²) in [7, 11) is 1.67. The maximum Gasteiger partial charge on any atom is 0.320 e. The van der Waals surface area contributed by atoms with Crippen LogP contribution in [0.4, 0.5) is 0 Å². The number of carbonyl (C=O) groups is 1. The second-order valence-corrected chi connectivity index (χ2v) is 2.97. The minimum atomic E-state index is -0.771. The van der Waals surface area contributed by atoms with Crippen LogP contribution in [0.2, 0.25) is 0 Å². The number of nitrogens with one attached hydrogen (secondary N) is 1. The average Bonchev–Trinajstić information content (AvgIpc) is 2.61. The normalized spacial score (nSPS) is 24.8. The van der Waals surface area contributed by atoms with Crippen LogP contribution < -0.4 is 5.32 Å². The molecule has 11 heavy (non-hydrogen) atoms. The van der Waals surface area contributed by atoms with Gasteiger partial charge in [0.05, 0.1) is 0 Å². The molecule has 0 radical (unpaired) electrons. The highest BCUT2D eigenvalue weighted by molar-refractivity contribution is 5.73. The van der Waals surface area contributed by atoms with E-state index in [4.69, 9.17) is 5.11 Å². The topological polar surface area (TPSA) is 49.3 Å². The molecule has 3 nitrogen and oxygen atoms in total. The van der Waals surface area contributed by atoms with Crippen LogP contribution in [-0.4, -0.2) is 24.2 Å². The number of hydrogen-bond donors (Lipinski definition) is 2. The van der Waals surface area contributed by atoms with Gasteiger partial charge in [0, 0.05) is 0 Å². The van der Waals surface area contributed by atoms with Crippen LogP contribution in [0.25, 0.3) is 0 Å². The Hall–Kier alpha value is -0.830. The van der Waals surface area contributed by atoms with Crippen molar-refractivity contribution in [1.82, 2.24) is 5.32 Å². The first-order chi connectivity index (χ1) is 5.15. The van der Waals surface area contributed by atoms with E-state index in [1.54, 1.807) is 7.05 Å². The van der Waals surface area contributed by atoms with E-state index in [1.807, 2.05) is 0 Å². The molecule has 0 amide bonds. The third kappa shape index (κ3) is 2.05. The summed E-state index contributed by atoms with van der Waals surface area (Å²) in [6, 6.07) is -0.403. The summed E-state index contributed by atoms with van der Waals surface area (Å²) in [4.78, 5) is 10.5. The van der Waals surface area contributed by atoms with Crippen LogP contribution in [-0.2, 0) is 4.79 Å². The third-order valence-corrected chi connectivity index (χ3v) is 2.09. The Balaban J connectivity index is 2.32. The molecule has 1 aliphatic carbocycles. The van der Waals surface area contributed by atoms with Crippen molar-refractivity contribution in [3.63, 3.8) is 0 Å². The molecule has 0 spiro atoms. The van der Waals surface area contributed by atoms with Gasteiger partial charge < -0.3 is 10.4 Å². The zero-order chi connectivity index (χ0) is 8.43. The largest absolute Gasteiger partial charge is 0.480 e. The fraction of sp³-hybridized carbons (Fsp3) is 0.625. The van der Waals surface area contributed by atoms with Gasteiger partial charge in [-0.2, -0.15) is 0 Å². The van der Waals surface area contributed by atoms with E-state index in [9.17, 15) is 4.79 Å². The van der Waals surface area contributed by atoms with Crippen LogP contribution in [0.15, 0.2) is 12.2 Å². The minimum absolute atomic E-state index is 0.403. The molecule has 0 aromatic heterocycles. The van der Waals surface area contributed by atoms with Gasteiger partial charge in [0.25, 0.3) is 0 Å². The summed E-state index contributed by atoms with van der Waals surface area (Å²) in [5, 5.41) is 11.4. The van der Waals surface area contributed by atoms with Crippen molar-refractivity contribution in [3.05, 3.63) is 12.2 Å². The molecular formula is C8H13NO2. The van der Waals surface area contributed by atoms with Crippen molar-refractivity contribution < 1.29 is 9.90 Å². The Morgan fingerprint density at radius 2 is 2.55 bits per heavy atom. The average molecular weight is 155 g/mol. The highest BCUT2D eigenvalue weighted by Crippen LogP contribution is 2.39. The zero-order valence-corrected chi connectivity index (χ0v) is 6.63. The summed E-state index contributed by atoms with van der Waals surface area (Å²) in [5.74, 6) is -0.323. The molecule has 1 fully saturated rings. The minimum Gasteiger partial charge on any atom is -0.480 e. The molecule has 0 aromatic carbocycles. The number of hydrogen-bond acceptors (Lipinski definition) is 2. The summed E-state index contributed by atoms with van der Waals surface area (Å²) < 4.78 is 0. The number of allylic oxidation sites excluding steroid dienone is 1. The SMILES string of the molecule is C=C1CC1CC(NC)C(=O)O. The molecule has 0 heterocycles. The fourth-order valence-electron chi connectivity index (χ4n) is 1.13. The molecule has 2 atom stereocenters. The Morgan fingerprint density at radius 1 is 2.00 bits per heavy atom. The van der Waals surface area contributed by atoms with Crippen LogP contribution in [0.3, 0.4) is 0 Å². The maximum atomic E-state index is 10.5. The van der Waals surface area contributed by atoms with Crippen LogP contribution in [0, 0.1) is 5.92 Å². The van der Waals surface area contributed by atoms with Gasteiger partial charge in [0.2, 0.25) is 0 Å². The number of aliphatic carboxylic acids is 1. The number of likely N-dealkylation sites (N-methyl/N-ethyl adjacent to an activating group) is 1. The van der Waals surface area contributed by atoms with Gasteiger partial charge in [-0.15, -0.1) is 0 Å². The molecule has 2 N–H and O–H groups in total. The van der Waals surface area contributed by atoms with Crippen molar-refractivity contribution in [3.8, 4) is 0 Å². The fourth-order valence-corrected chi connectivity index (χ4v) is 1.13. The molecule has 62 valence electrons. The van der Waals surface area contributed by atoms with E-state index in [-0.39, 0.29) is 0 Å². The van der Waals surface area contributed by atoms with E-state index in [1.165, 1.54) is 5.57 Å². The standard InChI is InChI=1S/C8H13NO2/c1-5-3-6(5)4-7(9-2)8(10)11/h6-7,9H,1,3-4H2,2H3,(H,10,11). The van der Waals surface area contributed by atoms with Crippen LogP contribution >= 0.6 is 0 Å². The van der Waals surface area contributed by atoms with E-state index in [2.05, 4.69) is 11.9 Å². The molecule has 1 aliphatic rings. The van der Waals surface area contributed by atoms with Gasteiger partial charge in [0.1, 0.15) is 6.04 Å². The highest BCUT2D eigenvalue weighted by Gasteiger charge is 2.31. The van der Waals surface area contributed by atoms with Crippen molar-refractivity contribution in [2.45, 2.75) is 18.9 Å². The van der Waals surface area contributed by atoms with Gasteiger partial charge in [-0.1, -0.05) is 12.2 Å². The van der Waals surface area contributed by atoms with Crippen molar-refractivity contribution in [2.24, 2.45) is 5.92 Å². The molecule has 0 saturated heterocycles. The summed E-state index contributed by atoms with van der Waals surface area (Å²) in [6.45, 7) is 3.77. The molecule has 2 unspecified atom stereocenters. The molecule has 0 bridgehead atoms. The van der Waals surface area contributed by atoms with E-state index in [0.717, 1.165) is 6.42 Å². The van der Waals surface area contributed by atoms with E-state index >= 15 is 0 Å². The summed E-state index contributed by atoms with van der Waals surface area (Å²) >= 11 is 0. The van der Waals surface area contributed by atoms with Crippen LogP contribution in [0.5, 0.6) is 0 Å². The quantitative estimate of drug-likeness (QED) is 0.585. The van der Waals surface area contributed by atoms with Crippen molar-refractivity contribution in [1.29, 1.82) is 0 Å². The summed E-state index contributed by atoms with van der Waals surface area (Å²) in [6.07, 6.45) is 1.69. The lowest BCUT2D eigenvalue weighted by Crippen LogP contribution is -2.34. The van der Waals surface area contributed by atoms with Gasteiger partial charge in [0.15, 0.2) is 0 Å². The van der Waals surface area contributed by atoms with E-state index < -0.39 is 12.0 Å². The summed E-state index contributed by atoms with van der Waals surface area (Å²) in [5.41, 5.74) is 1.19. The first-order valence-corrected chi connectivity index (χ1v) is 3.73. The van der Waals surface area contributed by atoms with Gasteiger partial charge >= 0.3 is 5.97 Å². The second kappa shape index (κ2) is 3.05. The first-order valence-electron chi connectivity index (χ1n) is 3.73. The molecule has 0 aliphatic heterocycles. The second-order valence-electron chi connectivity index (χ2n) is 2.97. The predicted molar refractivity (Wildman–Crippen MR) is 42.3 cm³/mol. The Morgan fingerprint density at radius 3 is 2.82 bits per heavy atom. The lowest BCUT2D eigenvalue weighted by atomic mass is 10.1. The number of carboxylic acids is 1. The third-order valence-electron chi connectivity index (χ3n) is 2.09. The lowest BCUT2D eigenvalue weighted by Gasteiger charge is -2.08. The van der Waals surface area contributed by atoms with Crippen molar-refractivity contribution in [2.75, 3.05) is 7.05 Å². The molecule has 1 saturated carbocycles. The van der Waals surface area contributed by atoms with Crippen LogP contribution in [0.1, 0.15) is 12.8 Å². The van der Waals surface area contributed by atoms with Gasteiger partial charge in [-0.3, -0.25) is 4.79 Å². The smallest absolute Gasteiger partial charge is 0.320 e. The first kappa shape index (κ1) is 8.27. The lowest BCUT2D eigenvalue weighted by molar-refractivity contribution is -0.139. The van der Waals surface area contributed by atoms with Gasteiger partial charge in [-0.05, 0) is 25.8 Å². The maximum absolute atomic E-state index is 10.5. The Kier molecular flexibility index (Phi) is 2.29. The Labute approximate surface area is 66.1 Å². The van der Waals surface area contributed by atoms with Crippen molar-refractivity contribution >= 4 is 5.97 Å². The predicted octanol–water partition coefficient (Wildman–Crippen LogP) is 0.625. The highest BCUT2D eigenvalue weighted by atomic mass is 16.4. The molecule has 1 rings (SSSR count). The molecular weight excluding hydrogens is 142 g/mol. The number of carboxylic acid groups (broad SMARTS) is 1. The monoisotopic (exact) mass is 155 g/mol. The van der Waals surface area contributed by atoms with Gasteiger partial charge in [-0.25, -0.2) is 0 Å². The molecule has 3 heteroatoms. The zero-order valence-electron chi connectivity index (χ0n) is 6.63. The molecule has 0 aromatic rings. The van der Waals surface area contributed by atoms with E-state index in [0.29, 0.717) is 12.3 Å².